The lowest BCUT2D eigenvalue weighted by Crippen LogP contribution is -2.39. The number of amides is 1. The van der Waals surface area contributed by atoms with E-state index < -0.39 is 0 Å². The zero-order valence-electron chi connectivity index (χ0n) is 16.3. The van der Waals surface area contributed by atoms with Gasteiger partial charge < -0.3 is 14.1 Å². The summed E-state index contributed by atoms with van der Waals surface area (Å²) < 4.78 is 24.5. The van der Waals surface area contributed by atoms with Gasteiger partial charge in [-0.3, -0.25) is 9.78 Å². The molecule has 0 aliphatic carbocycles. The van der Waals surface area contributed by atoms with Crippen molar-refractivity contribution in [3.63, 3.8) is 0 Å². The van der Waals surface area contributed by atoms with Crippen LogP contribution in [0.15, 0.2) is 41.1 Å². The van der Waals surface area contributed by atoms with Gasteiger partial charge in [0.2, 0.25) is 11.6 Å². The van der Waals surface area contributed by atoms with Gasteiger partial charge in [-0.2, -0.15) is 0 Å². The highest BCUT2D eigenvalue weighted by Gasteiger charge is 2.29. The average molecular weight is 396 g/mol. The standard InChI is InChI=1S/C21H21FN4O3/c1-13-20(28-14(2)24-13)21(27)26-8-4-5-15(12-26)18-10-23-11-19(25-18)29-17-7-3-6-16(22)9-17/h3,6-7,9-11,15H,4-5,8,12H2,1-2H3. The lowest BCUT2D eigenvalue weighted by atomic mass is 9.95. The van der Waals surface area contributed by atoms with Crippen LogP contribution in [0.4, 0.5) is 4.39 Å². The number of aryl methyl sites for hydroxylation is 2. The first-order valence-electron chi connectivity index (χ1n) is 9.48. The summed E-state index contributed by atoms with van der Waals surface area (Å²) in [4.78, 5) is 27.5. The van der Waals surface area contributed by atoms with E-state index in [-0.39, 0.29) is 23.4 Å². The largest absolute Gasteiger partial charge is 0.437 e. The molecule has 8 heteroatoms. The molecule has 1 unspecified atom stereocenters. The average Bonchev–Trinajstić information content (AvgIpc) is 3.06. The maximum atomic E-state index is 13.4. The summed E-state index contributed by atoms with van der Waals surface area (Å²) in [6.45, 7) is 4.66. The number of piperidine rings is 1. The molecule has 1 atom stereocenters. The molecule has 150 valence electrons. The molecule has 7 nitrogen and oxygen atoms in total. The highest BCUT2D eigenvalue weighted by molar-refractivity contribution is 5.92. The summed E-state index contributed by atoms with van der Waals surface area (Å²) in [6, 6.07) is 5.86. The topological polar surface area (TPSA) is 81.4 Å². The third-order valence-electron chi connectivity index (χ3n) is 4.87. The Hall–Kier alpha value is -3.29. The third-order valence-corrected chi connectivity index (χ3v) is 4.87. The quantitative estimate of drug-likeness (QED) is 0.662. The smallest absolute Gasteiger partial charge is 0.291 e. The lowest BCUT2D eigenvalue weighted by Gasteiger charge is -2.31. The van der Waals surface area contributed by atoms with Crippen LogP contribution < -0.4 is 4.74 Å². The lowest BCUT2D eigenvalue weighted by molar-refractivity contribution is 0.0671. The molecule has 1 aliphatic rings. The number of halogens is 1. The van der Waals surface area contributed by atoms with Gasteiger partial charge in [0.05, 0.1) is 17.6 Å². The van der Waals surface area contributed by atoms with Crippen molar-refractivity contribution in [2.24, 2.45) is 0 Å². The van der Waals surface area contributed by atoms with Gasteiger partial charge in [-0.1, -0.05) is 6.07 Å². The predicted octanol–water partition coefficient (Wildman–Crippen LogP) is 4.03. The van der Waals surface area contributed by atoms with E-state index >= 15 is 0 Å². The van der Waals surface area contributed by atoms with Crippen LogP contribution in [0, 0.1) is 19.7 Å². The van der Waals surface area contributed by atoms with E-state index in [9.17, 15) is 9.18 Å². The second-order valence-electron chi connectivity index (χ2n) is 7.08. The molecule has 0 radical (unpaired) electrons. The first-order valence-corrected chi connectivity index (χ1v) is 9.48. The monoisotopic (exact) mass is 396 g/mol. The van der Waals surface area contributed by atoms with Crippen LogP contribution in [-0.4, -0.2) is 38.8 Å². The number of aromatic nitrogens is 3. The van der Waals surface area contributed by atoms with Crippen molar-refractivity contribution in [2.45, 2.75) is 32.6 Å². The molecule has 29 heavy (non-hydrogen) atoms. The van der Waals surface area contributed by atoms with Gasteiger partial charge in [-0.15, -0.1) is 0 Å². The van der Waals surface area contributed by atoms with Crippen molar-refractivity contribution in [1.82, 2.24) is 19.9 Å². The molecule has 1 fully saturated rings. The van der Waals surface area contributed by atoms with E-state index in [0.29, 0.717) is 36.3 Å². The minimum atomic E-state index is -0.383. The Balaban J connectivity index is 1.49. The molecule has 1 aromatic carbocycles. The van der Waals surface area contributed by atoms with Crippen LogP contribution in [0.3, 0.4) is 0 Å². The van der Waals surface area contributed by atoms with Gasteiger partial charge in [-0.25, -0.2) is 14.4 Å². The van der Waals surface area contributed by atoms with Crippen molar-refractivity contribution in [2.75, 3.05) is 13.1 Å². The van der Waals surface area contributed by atoms with Crippen LogP contribution in [-0.2, 0) is 0 Å². The number of carbonyl (C=O) groups is 1. The van der Waals surface area contributed by atoms with E-state index in [2.05, 4.69) is 15.0 Å². The fraction of sp³-hybridized carbons (Fsp3) is 0.333. The van der Waals surface area contributed by atoms with Gasteiger partial charge in [0, 0.05) is 38.2 Å². The maximum absolute atomic E-state index is 13.4. The molecule has 3 aromatic rings. The van der Waals surface area contributed by atoms with Crippen molar-refractivity contribution in [1.29, 1.82) is 0 Å². The number of hydrogen-bond acceptors (Lipinski definition) is 6. The van der Waals surface area contributed by atoms with Crippen LogP contribution in [0.1, 0.15) is 46.6 Å². The molecule has 0 saturated carbocycles. The molecule has 1 saturated heterocycles. The second kappa shape index (κ2) is 7.98. The van der Waals surface area contributed by atoms with E-state index in [4.69, 9.17) is 9.15 Å². The molecule has 2 aromatic heterocycles. The van der Waals surface area contributed by atoms with Gasteiger partial charge in [0.1, 0.15) is 11.6 Å². The number of benzene rings is 1. The summed E-state index contributed by atoms with van der Waals surface area (Å²) >= 11 is 0. The fourth-order valence-electron chi connectivity index (χ4n) is 3.54. The van der Waals surface area contributed by atoms with Crippen molar-refractivity contribution < 1.29 is 18.3 Å². The number of rotatable bonds is 4. The number of hydrogen-bond donors (Lipinski definition) is 0. The summed E-state index contributed by atoms with van der Waals surface area (Å²) in [7, 11) is 0. The van der Waals surface area contributed by atoms with Crippen LogP contribution in [0.2, 0.25) is 0 Å². The SMILES string of the molecule is Cc1nc(C)c(C(=O)N2CCCC(c3cncc(Oc4cccc(F)c4)n3)C2)o1. The number of oxazole rings is 1. The third kappa shape index (κ3) is 4.26. The summed E-state index contributed by atoms with van der Waals surface area (Å²) in [5.74, 6) is 0.899. The molecule has 4 rings (SSSR count). The second-order valence-corrected chi connectivity index (χ2v) is 7.08. The minimum absolute atomic E-state index is 0.0283. The Labute approximate surface area is 167 Å². The van der Waals surface area contributed by atoms with Crippen molar-refractivity contribution >= 4 is 5.91 Å². The predicted molar refractivity (Wildman–Crippen MR) is 102 cm³/mol. The van der Waals surface area contributed by atoms with Crippen LogP contribution in [0.25, 0.3) is 0 Å². The Morgan fingerprint density at radius 1 is 1.28 bits per heavy atom. The zero-order chi connectivity index (χ0) is 20.4. The molecular weight excluding hydrogens is 375 g/mol. The number of likely N-dealkylation sites (tertiary alicyclic amines) is 1. The molecule has 1 amide bonds. The Morgan fingerprint density at radius 2 is 2.14 bits per heavy atom. The Morgan fingerprint density at radius 3 is 2.90 bits per heavy atom. The van der Waals surface area contributed by atoms with E-state index in [1.807, 2.05) is 0 Å². The summed E-state index contributed by atoms with van der Waals surface area (Å²) in [6.07, 6.45) is 4.90. The van der Waals surface area contributed by atoms with Crippen LogP contribution >= 0.6 is 0 Å². The molecule has 0 spiro atoms. The number of ether oxygens (including phenoxy) is 1. The highest BCUT2D eigenvalue weighted by atomic mass is 19.1. The Bertz CT molecular complexity index is 1040. The minimum Gasteiger partial charge on any atom is -0.437 e. The first kappa shape index (κ1) is 19.0. The summed E-state index contributed by atoms with van der Waals surface area (Å²) in [5.41, 5.74) is 1.33. The zero-order valence-corrected chi connectivity index (χ0v) is 16.3. The molecule has 1 aliphatic heterocycles. The van der Waals surface area contributed by atoms with Gasteiger partial charge in [-0.05, 0) is 31.9 Å². The molecule has 3 heterocycles. The molecular formula is C21H21FN4O3. The van der Waals surface area contributed by atoms with Gasteiger partial charge in [0.15, 0.2) is 5.89 Å². The molecule has 0 bridgehead atoms. The molecule has 0 N–H and O–H groups in total. The first-order chi connectivity index (χ1) is 14.0. The fourth-order valence-corrected chi connectivity index (χ4v) is 3.54. The van der Waals surface area contributed by atoms with Crippen LogP contribution in [0.5, 0.6) is 11.6 Å². The van der Waals surface area contributed by atoms with Crippen molar-refractivity contribution in [3.05, 3.63) is 65.5 Å². The van der Waals surface area contributed by atoms with E-state index in [1.54, 1.807) is 37.1 Å². The summed E-state index contributed by atoms with van der Waals surface area (Å²) in [5, 5.41) is 0. The van der Waals surface area contributed by atoms with E-state index in [1.165, 1.54) is 18.3 Å². The van der Waals surface area contributed by atoms with Gasteiger partial charge in [0.25, 0.3) is 5.91 Å². The maximum Gasteiger partial charge on any atom is 0.291 e. The van der Waals surface area contributed by atoms with Gasteiger partial charge >= 0.3 is 0 Å². The van der Waals surface area contributed by atoms with Crippen molar-refractivity contribution in [3.8, 4) is 11.6 Å². The highest BCUT2D eigenvalue weighted by Crippen LogP contribution is 2.28. The van der Waals surface area contributed by atoms with E-state index in [0.717, 1.165) is 18.5 Å². The number of nitrogens with zero attached hydrogens (tertiary/aromatic N) is 4. The Kier molecular flexibility index (Phi) is 5.24. The number of carbonyl (C=O) groups excluding carboxylic acids is 1. The normalized spacial score (nSPS) is 16.7.